The molecule has 1 N–H and O–H groups in total. The van der Waals surface area contributed by atoms with Gasteiger partial charge in [0.1, 0.15) is 11.4 Å². The Morgan fingerprint density at radius 3 is 2.94 bits per heavy atom. The summed E-state index contributed by atoms with van der Waals surface area (Å²) in [5.74, 6) is 1.04. The number of rotatable bonds is 4. The van der Waals surface area contributed by atoms with Crippen LogP contribution in [0.1, 0.15) is 31.9 Å². The van der Waals surface area contributed by atoms with Gasteiger partial charge in [-0.05, 0) is 38.0 Å². The first kappa shape index (κ1) is 12.2. The molecule has 2 nitrogen and oxygen atoms in total. The van der Waals surface area contributed by atoms with Gasteiger partial charge in [-0.25, -0.2) is 0 Å². The highest BCUT2D eigenvalue weighted by atomic mass is 16.5. The predicted octanol–water partition coefficient (Wildman–Crippen LogP) is 3.07. The van der Waals surface area contributed by atoms with E-state index in [1.807, 2.05) is 6.92 Å². The second kappa shape index (κ2) is 4.53. The van der Waals surface area contributed by atoms with Gasteiger partial charge in [-0.1, -0.05) is 24.3 Å². The molecule has 0 amide bonds. The summed E-state index contributed by atoms with van der Waals surface area (Å²) >= 11 is 0. The largest absolute Gasteiger partial charge is 0.487 e. The number of nitrogens with one attached hydrogen (secondary N) is 1. The fourth-order valence-electron chi connectivity index (χ4n) is 2.19. The van der Waals surface area contributed by atoms with Crippen LogP contribution in [0.4, 0.5) is 0 Å². The van der Waals surface area contributed by atoms with Crippen LogP contribution in [0.2, 0.25) is 0 Å². The second-order valence-corrected chi connectivity index (χ2v) is 5.54. The predicted molar refractivity (Wildman–Crippen MR) is 71.4 cm³/mol. The average Bonchev–Trinajstić information content (AvgIpc) is 2.50. The van der Waals surface area contributed by atoms with E-state index in [4.69, 9.17) is 4.74 Å². The fraction of sp³-hybridized carbons (Fsp3) is 0.467. The lowest BCUT2D eigenvalue weighted by molar-refractivity contribution is 0.138. The molecular formula is C15H21NO. The van der Waals surface area contributed by atoms with E-state index in [9.17, 15) is 0 Å². The van der Waals surface area contributed by atoms with Crippen LogP contribution in [-0.2, 0) is 13.0 Å². The zero-order valence-electron chi connectivity index (χ0n) is 11.0. The molecule has 1 aliphatic heterocycles. The molecule has 1 aliphatic rings. The molecule has 0 aromatic heterocycles. The molecule has 92 valence electrons. The Labute approximate surface area is 104 Å². The molecule has 0 atom stereocenters. The van der Waals surface area contributed by atoms with Gasteiger partial charge in [0.15, 0.2) is 0 Å². The highest BCUT2D eigenvalue weighted by molar-refractivity contribution is 5.41. The van der Waals surface area contributed by atoms with Crippen molar-refractivity contribution in [2.45, 2.75) is 39.3 Å². The molecule has 0 radical (unpaired) electrons. The number of fused-ring (bicyclic) bond motifs is 1. The fourth-order valence-corrected chi connectivity index (χ4v) is 2.19. The third kappa shape index (κ3) is 3.10. The van der Waals surface area contributed by atoms with E-state index < -0.39 is 0 Å². The first-order valence-electron chi connectivity index (χ1n) is 6.12. The van der Waals surface area contributed by atoms with Crippen molar-refractivity contribution < 1.29 is 4.74 Å². The van der Waals surface area contributed by atoms with E-state index in [1.165, 1.54) is 11.1 Å². The van der Waals surface area contributed by atoms with Gasteiger partial charge in [-0.3, -0.25) is 0 Å². The first-order valence-corrected chi connectivity index (χ1v) is 6.12. The van der Waals surface area contributed by atoms with Crippen LogP contribution in [0.5, 0.6) is 5.75 Å². The highest BCUT2D eigenvalue weighted by Gasteiger charge is 2.29. The van der Waals surface area contributed by atoms with Gasteiger partial charge in [0, 0.05) is 19.5 Å². The SMILES string of the molecule is C=C(C)CNCc1ccc2c(c1)CC(C)(C)O2. The molecule has 0 aliphatic carbocycles. The zero-order valence-corrected chi connectivity index (χ0v) is 11.0. The Balaban J connectivity index is 2.01. The molecule has 0 saturated heterocycles. The minimum Gasteiger partial charge on any atom is -0.487 e. The van der Waals surface area contributed by atoms with Gasteiger partial charge in [0.2, 0.25) is 0 Å². The van der Waals surface area contributed by atoms with E-state index in [1.54, 1.807) is 0 Å². The van der Waals surface area contributed by atoms with Crippen molar-refractivity contribution in [2.75, 3.05) is 6.54 Å². The van der Waals surface area contributed by atoms with Crippen molar-refractivity contribution in [3.8, 4) is 5.75 Å². The number of hydrogen-bond donors (Lipinski definition) is 1. The van der Waals surface area contributed by atoms with Crippen molar-refractivity contribution in [1.82, 2.24) is 5.32 Å². The summed E-state index contributed by atoms with van der Waals surface area (Å²) in [7, 11) is 0. The van der Waals surface area contributed by atoms with Gasteiger partial charge in [-0.15, -0.1) is 0 Å². The molecule has 0 bridgehead atoms. The van der Waals surface area contributed by atoms with E-state index >= 15 is 0 Å². The molecule has 2 heteroatoms. The average molecular weight is 231 g/mol. The summed E-state index contributed by atoms with van der Waals surface area (Å²) in [5, 5.41) is 3.37. The van der Waals surface area contributed by atoms with Gasteiger partial charge in [0.05, 0.1) is 0 Å². The molecule has 0 spiro atoms. The van der Waals surface area contributed by atoms with Crippen LogP contribution in [0.25, 0.3) is 0 Å². The monoisotopic (exact) mass is 231 g/mol. The molecule has 1 aromatic carbocycles. The summed E-state index contributed by atoms with van der Waals surface area (Å²) in [6, 6.07) is 6.46. The lowest BCUT2D eigenvalue weighted by Gasteiger charge is -2.16. The van der Waals surface area contributed by atoms with Gasteiger partial charge >= 0.3 is 0 Å². The minimum absolute atomic E-state index is 0.0495. The maximum absolute atomic E-state index is 5.86. The molecule has 0 fully saturated rings. The van der Waals surface area contributed by atoms with E-state index in [0.29, 0.717) is 0 Å². The van der Waals surface area contributed by atoms with E-state index in [2.05, 4.69) is 43.9 Å². The number of hydrogen-bond acceptors (Lipinski definition) is 2. The lowest BCUT2D eigenvalue weighted by atomic mass is 10.0. The Morgan fingerprint density at radius 1 is 1.47 bits per heavy atom. The van der Waals surface area contributed by atoms with Gasteiger partial charge in [-0.2, -0.15) is 0 Å². The summed E-state index contributed by atoms with van der Waals surface area (Å²) in [5.41, 5.74) is 3.75. The summed E-state index contributed by atoms with van der Waals surface area (Å²) < 4.78 is 5.86. The molecule has 1 heterocycles. The van der Waals surface area contributed by atoms with E-state index in [-0.39, 0.29) is 5.60 Å². The first-order chi connectivity index (χ1) is 7.96. The maximum atomic E-state index is 5.86. The van der Waals surface area contributed by atoms with Crippen molar-refractivity contribution in [1.29, 1.82) is 0 Å². The quantitative estimate of drug-likeness (QED) is 0.804. The van der Waals surface area contributed by atoms with Crippen LogP contribution in [0.3, 0.4) is 0 Å². The number of benzene rings is 1. The molecule has 1 aromatic rings. The molecule has 17 heavy (non-hydrogen) atoms. The van der Waals surface area contributed by atoms with Crippen molar-refractivity contribution in [3.63, 3.8) is 0 Å². The molecular weight excluding hydrogens is 210 g/mol. The van der Waals surface area contributed by atoms with Crippen molar-refractivity contribution in [3.05, 3.63) is 41.5 Å². The van der Waals surface area contributed by atoms with Crippen molar-refractivity contribution in [2.24, 2.45) is 0 Å². The van der Waals surface area contributed by atoms with Gasteiger partial charge < -0.3 is 10.1 Å². The smallest absolute Gasteiger partial charge is 0.123 e. The topological polar surface area (TPSA) is 21.3 Å². The highest BCUT2D eigenvalue weighted by Crippen LogP contribution is 2.35. The van der Waals surface area contributed by atoms with Crippen LogP contribution < -0.4 is 10.1 Å². The van der Waals surface area contributed by atoms with Gasteiger partial charge in [0.25, 0.3) is 0 Å². The molecule has 0 unspecified atom stereocenters. The van der Waals surface area contributed by atoms with E-state index in [0.717, 1.165) is 30.8 Å². The maximum Gasteiger partial charge on any atom is 0.123 e. The zero-order chi connectivity index (χ0) is 12.5. The minimum atomic E-state index is -0.0495. The van der Waals surface area contributed by atoms with Crippen LogP contribution in [0.15, 0.2) is 30.4 Å². The Bertz CT molecular complexity index is 435. The second-order valence-electron chi connectivity index (χ2n) is 5.54. The summed E-state index contributed by atoms with van der Waals surface area (Å²) in [4.78, 5) is 0. The standard InChI is InChI=1S/C15H21NO/c1-11(2)9-16-10-12-5-6-14-13(7-12)8-15(3,4)17-14/h5-7,16H,1,8-10H2,2-4H3. The third-order valence-corrected chi connectivity index (χ3v) is 2.88. The summed E-state index contributed by atoms with van der Waals surface area (Å²) in [6.45, 7) is 11.9. The lowest BCUT2D eigenvalue weighted by Crippen LogP contribution is -2.24. The summed E-state index contributed by atoms with van der Waals surface area (Å²) in [6.07, 6.45) is 0.997. The molecule has 0 saturated carbocycles. The molecule has 2 rings (SSSR count). The Kier molecular flexibility index (Phi) is 3.25. The van der Waals surface area contributed by atoms with Crippen LogP contribution >= 0.6 is 0 Å². The Morgan fingerprint density at radius 2 is 2.24 bits per heavy atom. The third-order valence-electron chi connectivity index (χ3n) is 2.88. The van der Waals surface area contributed by atoms with Crippen molar-refractivity contribution >= 4 is 0 Å². The normalized spacial score (nSPS) is 16.4. The number of ether oxygens (including phenoxy) is 1. The van der Waals surface area contributed by atoms with Crippen LogP contribution in [0, 0.1) is 0 Å². The van der Waals surface area contributed by atoms with Crippen LogP contribution in [-0.4, -0.2) is 12.1 Å². The Hall–Kier alpha value is -1.28.